The number of halogens is 4. The van der Waals surface area contributed by atoms with E-state index in [2.05, 4.69) is 4.98 Å². The first-order chi connectivity index (χ1) is 15.0. The lowest BCUT2D eigenvalue weighted by atomic mass is 9.88. The second kappa shape index (κ2) is 8.47. The third kappa shape index (κ3) is 3.71. The Morgan fingerprint density at radius 3 is 2.44 bits per heavy atom. The van der Waals surface area contributed by atoms with Crippen molar-refractivity contribution in [1.29, 1.82) is 5.26 Å². The minimum atomic E-state index is -4.84. The number of nitrogens with zero attached hydrogens (tertiary/aromatic N) is 4. The molecule has 1 aromatic carbocycles. The van der Waals surface area contributed by atoms with Gasteiger partial charge in [0.05, 0.1) is 17.4 Å². The van der Waals surface area contributed by atoms with E-state index in [1.54, 1.807) is 26.0 Å². The quantitative estimate of drug-likeness (QED) is 0.432. The van der Waals surface area contributed by atoms with Crippen molar-refractivity contribution in [2.24, 2.45) is 0 Å². The highest BCUT2D eigenvalue weighted by atomic mass is 32.1. The molecule has 0 saturated carbocycles. The predicted molar refractivity (Wildman–Crippen MR) is 116 cm³/mol. The van der Waals surface area contributed by atoms with E-state index >= 15 is 0 Å². The van der Waals surface area contributed by atoms with Crippen molar-refractivity contribution in [1.82, 2.24) is 4.98 Å². The van der Waals surface area contributed by atoms with E-state index in [4.69, 9.17) is 17.5 Å². The van der Waals surface area contributed by atoms with Crippen LogP contribution in [0.3, 0.4) is 0 Å². The first kappa shape index (κ1) is 23.6. The van der Waals surface area contributed by atoms with E-state index in [-0.39, 0.29) is 10.8 Å². The molecule has 10 heteroatoms. The smallest absolute Gasteiger partial charge is 0.303 e. The number of benzene rings is 1. The lowest BCUT2D eigenvalue weighted by molar-refractivity contribution is -0.138. The Morgan fingerprint density at radius 2 is 1.91 bits per heavy atom. The number of carbonyl (C=O) groups is 1. The molecule has 3 rings (SSSR count). The maximum Gasteiger partial charge on any atom is 0.419 e. The van der Waals surface area contributed by atoms with Crippen LogP contribution >= 0.6 is 12.2 Å². The van der Waals surface area contributed by atoms with Crippen LogP contribution in [0.5, 0.6) is 0 Å². The number of pyridine rings is 1. The second-order valence-electron chi connectivity index (χ2n) is 7.53. The Bertz CT molecular complexity index is 1130. The molecule has 1 aliphatic rings. The summed E-state index contributed by atoms with van der Waals surface area (Å²) in [6.07, 6.45) is -2.60. The van der Waals surface area contributed by atoms with Crippen molar-refractivity contribution in [2.45, 2.75) is 51.7 Å². The van der Waals surface area contributed by atoms with Crippen LogP contribution < -0.4 is 9.80 Å². The van der Waals surface area contributed by atoms with Crippen LogP contribution in [0.2, 0.25) is 0 Å². The fourth-order valence-corrected chi connectivity index (χ4v) is 4.45. The van der Waals surface area contributed by atoms with Crippen LogP contribution in [0, 0.1) is 24.1 Å². The minimum absolute atomic E-state index is 0.0758. The molecule has 2 aromatic rings. The zero-order valence-corrected chi connectivity index (χ0v) is 18.4. The zero-order chi connectivity index (χ0) is 23.8. The largest absolute Gasteiger partial charge is 0.419 e. The van der Waals surface area contributed by atoms with Crippen LogP contribution in [-0.2, 0) is 11.0 Å². The van der Waals surface area contributed by atoms with Gasteiger partial charge in [0, 0.05) is 5.69 Å². The van der Waals surface area contributed by atoms with Crippen LogP contribution in [0.4, 0.5) is 28.9 Å². The van der Waals surface area contributed by atoms with E-state index in [1.807, 2.05) is 6.92 Å². The van der Waals surface area contributed by atoms with Gasteiger partial charge in [-0.05, 0) is 55.7 Å². The first-order valence-corrected chi connectivity index (χ1v) is 10.3. The molecule has 1 unspecified atom stereocenters. The molecule has 0 spiro atoms. The van der Waals surface area contributed by atoms with Crippen molar-refractivity contribution in [3.8, 4) is 6.07 Å². The molecule has 32 heavy (non-hydrogen) atoms. The molecule has 168 valence electrons. The number of aromatic nitrogens is 1. The highest BCUT2D eigenvalue weighted by Gasteiger charge is 2.55. The van der Waals surface area contributed by atoms with E-state index in [9.17, 15) is 22.4 Å². The van der Waals surface area contributed by atoms with E-state index < -0.39 is 34.7 Å². The summed E-state index contributed by atoms with van der Waals surface area (Å²) < 4.78 is 54.8. The number of amides is 1. The average molecular weight is 464 g/mol. The summed E-state index contributed by atoms with van der Waals surface area (Å²) in [5, 5.41) is 8.93. The van der Waals surface area contributed by atoms with Gasteiger partial charge in [0.2, 0.25) is 0 Å². The Labute approximate surface area is 188 Å². The fourth-order valence-electron chi connectivity index (χ4n) is 3.98. The fraction of sp³-hybridized carbons (Fsp3) is 0.364. The third-order valence-electron chi connectivity index (χ3n) is 5.62. The van der Waals surface area contributed by atoms with E-state index in [1.165, 1.54) is 17.0 Å². The second-order valence-corrected chi connectivity index (χ2v) is 7.89. The number of hydrogen-bond acceptors (Lipinski definition) is 4. The average Bonchev–Trinajstić information content (AvgIpc) is 2.96. The van der Waals surface area contributed by atoms with Gasteiger partial charge in [0.15, 0.2) is 10.8 Å². The Hall–Kier alpha value is -3.06. The summed E-state index contributed by atoms with van der Waals surface area (Å²) in [6, 6.07) is 6.55. The van der Waals surface area contributed by atoms with Gasteiger partial charge in [0.1, 0.15) is 17.4 Å². The molecule has 2 heterocycles. The summed E-state index contributed by atoms with van der Waals surface area (Å²) in [6.45, 7) is 5.24. The molecule has 5 nitrogen and oxygen atoms in total. The van der Waals surface area contributed by atoms with Crippen molar-refractivity contribution in [3.63, 3.8) is 0 Å². The van der Waals surface area contributed by atoms with Crippen LogP contribution in [0.15, 0.2) is 30.5 Å². The molecule has 0 bridgehead atoms. The molecule has 1 atom stereocenters. The number of alkyl halides is 3. The molecule has 0 aliphatic carbocycles. The lowest BCUT2D eigenvalue weighted by Gasteiger charge is -2.35. The molecule has 1 aromatic heterocycles. The van der Waals surface area contributed by atoms with E-state index in [0.717, 1.165) is 11.1 Å². The highest BCUT2D eigenvalue weighted by molar-refractivity contribution is 7.81. The molecule has 1 fully saturated rings. The summed E-state index contributed by atoms with van der Waals surface area (Å²) >= 11 is 5.54. The summed E-state index contributed by atoms with van der Waals surface area (Å²) in [5.41, 5.74) is -2.71. The molecule has 1 saturated heterocycles. The number of anilines is 2. The van der Waals surface area contributed by atoms with Gasteiger partial charge in [-0.2, -0.15) is 18.4 Å². The zero-order valence-electron chi connectivity index (χ0n) is 17.6. The molecule has 0 radical (unpaired) electrons. The lowest BCUT2D eigenvalue weighted by Crippen LogP contribution is -2.49. The summed E-state index contributed by atoms with van der Waals surface area (Å²) in [7, 11) is 0. The van der Waals surface area contributed by atoms with Gasteiger partial charge >= 0.3 is 6.18 Å². The van der Waals surface area contributed by atoms with Gasteiger partial charge < -0.3 is 4.90 Å². The maximum absolute atomic E-state index is 14.4. The molecule has 1 aliphatic heterocycles. The van der Waals surface area contributed by atoms with Crippen LogP contribution in [-0.4, -0.2) is 21.5 Å². The molecule has 0 N–H and O–H groups in total. The SMILES string of the molecule is CCCC1(CC)C(=O)N(c2cnc(C#N)c(C(F)(F)F)c2)C(=S)N1c1ccc(C)c(F)c1. The minimum Gasteiger partial charge on any atom is -0.303 e. The number of rotatable bonds is 5. The maximum atomic E-state index is 14.4. The number of aryl methyl sites for hydroxylation is 1. The molecular weight excluding hydrogens is 444 g/mol. The normalized spacial score (nSPS) is 18.9. The summed E-state index contributed by atoms with van der Waals surface area (Å²) in [5.74, 6) is -1.01. The topological polar surface area (TPSA) is 60.2 Å². The van der Waals surface area contributed by atoms with Crippen molar-refractivity contribution in [3.05, 3.63) is 53.1 Å². The standard InChI is InChI=1S/C22H20F4N4OS/c1-4-8-21(5-2)19(31)29(15-9-16(22(24,25)26)18(11-27)28-12-15)20(32)30(21)14-7-6-13(3)17(23)10-14/h6-7,9-10,12H,4-5,8H2,1-3H3. The number of nitriles is 1. The summed E-state index contributed by atoms with van der Waals surface area (Å²) in [4.78, 5) is 19.8. The number of carbonyl (C=O) groups excluding carboxylic acids is 1. The van der Waals surface area contributed by atoms with Crippen molar-refractivity contribution in [2.75, 3.05) is 9.80 Å². The molecule has 1 amide bonds. The number of thiocarbonyl (C=S) groups is 1. The highest BCUT2D eigenvalue weighted by Crippen LogP contribution is 2.42. The Morgan fingerprint density at radius 1 is 1.22 bits per heavy atom. The van der Waals surface area contributed by atoms with Crippen LogP contribution in [0.25, 0.3) is 0 Å². The van der Waals surface area contributed by atoms with E-state index in [0.29, 0.717) is 36.6 Å². The van der Waals surface area contributed by atoms with Gasteiger partial charge in [0.25, 0.3) is 5.91 Å². The monoisotopic (exact) mass is 464 g/mol. The van der Waals surface area contributed by atoms with Gasteiger partial charge in [-0.1, -0.05) is 26.3 Å². The predicted octanol–water partition coefficient (Wildman–Crippen LogP) is 5.51. The van der Waals surface area contributed by atoms with Gasteiger partial charge in [-0.3, -0.25) is 9.69 Å². The Kier molecular flexibility index (Phi) is 6.24. The van der Waals surface area contributed by atoms with Crippen molar-refractivity contribution < 1.29 is 22.4 Å². The number of hydrogen-bond donors (Lipinski definition) is 0. The van der Waals surface area contributed by atoms with Gasteiger partial charge in [-0.25, -0.2) is 9.37 Å². The Balaban J connectivity index is 2.21. The van der Waals surface area contributed by atoms with Crippen molar-refractivity contribution >= 4 is 34.6 Å². The molecular formula is C22H20F4N4OS. The first-order valence-electron chi connectivity index (χ1n) is 9.94. The van der Waals surface area contributed by atoms with Crippen LogP contribution in [0.1, 0.15) is 49.9 Å². The third-order valence-corrected chi connectivity index (χ3v) is 5.98. The van der Waals surface area contributed by atoms with Gasteiger partial charge in [-0.15, -0.1) is 0 Å².